The van der Waals surface area contributed by atoms with Crippen molar-refractivity contribution in [2.24, 2.45) is 7.05 Å². The summed E-state index contributed by atoms with van der Waals surface area (Å²) in [5, 5.41) is 5.22. The minimum absolute atomic E-state index is 0.224. The van der Waals surface area contributed by atoms with Gasteiger partial charge in [0.15, 0.2) is 0 Å². The van der Waals surface area contributed by atoms with Crippen molar-refractivity contribution < 1.29 is 13.6 Å². The maximum Gasteiger partial charge on any atom is 0.271 e. The first-order chi connectivity index (χ1) is 13.9. The first kappa shape index (κ1) is 17.8. The van der Waals surface area contributed by atoms with E-state index in [1.165, 1.54) is 0 Å². The fraction of sp³-hybridized carbons (Fsp3) is 0.350. The van der Waals surface area contributed by atoms with Crippen LogP contribution in [-0.2, 0) is 11.8 Å². The molecule has 1 aliphatic heterocycles. The molecule has 0 bridgehead atoms. The summed E-state index contributed by atoms with van der Waals surface area (Å²) in [4.78, 5) is 24.0. The lowest BCUT2D eigenvalue weighted by Crippen LogP contribution is -2.50. The van der Waals surface area contributed by atoms with Crippen LogP contribution in [-0.4, -0.2) is 62.7 Å². The van der Waals surface area contributed by atoms with E-state index in [1.807, 2.05) is 19.3 Å². The number of piperazine rings is 1. The molecule has 4 heterocycles. The van der Waals surface area contributed by atoms with E-state index >= 15 is 0 Å². The Balaban J connectivity index is 1.34. The number of aryl methyl sites for hydroxylation is 1. The molecule has 0 unspecified atom stereocenters. The van der Waals surface area contributed by atoms with Crippen molar-refractivity contribution in [3.8, 4) is 11.3 Å². The Labute approximate surface area is 165 Å². The Morgan fingerprint density at radius 2 is 2.00 bits per heavy atom. The Bertz CT molecular complexity index is 1120. The topological polar surface area (TPSA) is 70.1 Å². The highest BCUT2D eigenvalue weighted by atomic mass is 19.3. The van der Waals surface area contributed by atoms with Gasteiger partial charge < -0.3 is 14.8 Å². The van der Waals surface area contributed by atoms with Gasteiger partial charge >= 0.3 is 0 Å². The highest BCUT2D eigenvalue weighted by Gasteiger charge is 2.41. The molecule has 1 saturated heterocycles. The van der Waals surface area contributed by atoms with Crippen LogP contribution in [0.2, 0.25) is 0 Å². The molecule has 0 atom stereocenters. The largest absolute Gasteiger partial charge is 0.367 e. The number of pyridine rings is 1. The lowest BCUT2D eigenvalue weighted by molar-refractivity contribution is -0.129. The number of hydrogen-bond acceptors (Lipinski definition) is 4. The highest BCUT2D eigenvalue weighted by Crippen LogP contribution is 2.37. The van der Waals surface area contributed by atoms with Gasteiger partial charge in [-0.3, -0.25) is 9.48 Å². The van der Waals surface area contributed by atoms with E-state index in [1.54, 1.807) is 22.0 Å². The van der Waals surface area contributed by atoms with Gasteiger partial charge in [0.05, 0.1) is 11.9 Å². The third-order valence-corrected chi connectivity index (χ3v) is 5.52. The lowest BCUT2D eigenvalue weighted by atomic mass is 9.93. The van der Waals surface area contributed by atoms with Crippen molar-refractivity contribution in [3.63, 3.8) is 0 Å². The maximum absolute atomic E-state index is 13.0. The fourth-order valence-corrected chi connectivity index (χ4v) is 3.98. The standard InChI is InChI=1S/C20H20F2N6O/c1-26-12-14(11-24-26)16-8-15-17(2-3-23-18(15)25-16)27-4-6-28(7-5-27)19(29)13-9-20(21,22)10-13/h2-3,8-9,11-12H,4-7,10H2,1H3,(H,23,25). The number of aromatic amines is 1. The van der Waals surface area contributed by atoms with Gasteiger partial charge in [-0.15, -0.1) is 0 Å². The third-order valence-electron chi connectivity index (χ3n) is 5.52. The van der Waals surface area contributed by atoms with Crippen LogP contribution in [0.5, 0.6) is 0 Å². The van der Waals surface area contributed by atoms with Crippen molar-refractivity contribution >= 4 is 22.6 Å². The van der Waals surface area contributed by atoms with E-state index < -0.39 is 12.3 Å². The molecule has 1 amide bonds. The molecule has 150 valence electrons. The van der Waals surface area contributed by atoms with Crippen molar-refractivity contribution in [1.82, 2.24) is 24.6 Å². The number of fused-ring (bicyclic) bond motifs is 1. The molecule has 7 nitrogen and oxygen atoms in total. The quantitative estimate of drug-likeness (QED) is 0.736. The molecule has 0 aromatic carbocycles. The van der Waals surface area contributed by atoms with Crippen LogP contribution in [0.4, 0.5) is 14.5 Å². The van der Waals surface area contributed by atoms with Gasteiger partial charge in [-0.25, -0.2) is 13.8 Å². The molecule has 9 heteroatoms. The summed E-state index contributed by atoms with van der Waals surface area (Å²) < 4.78 is 27.8. The zero-order valence-electron chi connectivity index (χ0n) is 15.9. The number of rotatable bonds is 3. The van der Waals surface area contributed by atoms with E-state index in [0.717, 1.165) is 34.1 Å². The fourth-order valence-electron chi connectivity index (χ4n) is 3.98. The van der Waals surface area contributed by atoms with Crippen LogP contribution in [0.15, 0.2) is 42.4 Å². The van der Waals surface area contributed by atoms with Crippen molar-refractivity contribution in [2.75, 3.05) is 31.1 Å². The second-order valence-corrected chi connectivity index (χ2v) is 7.56. The van der Waals surface area contributed by atoms with E-state index in [-0.39, 0.29) is 11.5 Å². The van der Waals surface area contributed by atoms with Gasteiger partial charge in [-0.05, 0) is 18.2 Å². The number of carbonyl (C=O) groups is 1. The number of nitrogens with zero attached hydrogens (tertiary/aromatic N) is 5. The minimum Gasteiger partial charge on any atom is -0.367 e. The number of allylic oxidation sites excluding steroid dienone is 1. The second kappa shape index (κ2) is 6.40. The summed E-state index contributed by atoms with van der Waals surface area (Å²) in [5.41, 5.74) is 3.99. The Morgan fingerprint density at radius 3 is 2.66 bits per heavy atom. The number of hydrogen-bond donors (Lipinski definition) is 1. The number of H-pyrrole nitrogens is 1. The Kier molecular flexibility index (Phi) is 3.94. The zero-order chi connectivity index (χ0) is 20.2. The van der Waals surface area contributed by atoms with Gasteiger partial charge in [-0.1, -0.05) is 0 Å². The molecule has 0 saturated carbocycles. The van der Waals surface area contributed by atoms with Crippen LogP contribution >= 0.6 is 0 Å². The normalized spacial score (nSPS) is 18.7. The molecule has 29 heavy (non-hydrogen) atoms. The van der Waals surface area contributed by atoms with Crippen LogP contribution in [0, 0.1) is 0 Å². The molecule has 1 aliphatic carbocycles. The molecule has 3 aromatic rings. The van der Waals surface area contributed by atoms with Crippen molar-refractivity contribution in [1.29, 1.82) is 0 Å². The number of nitrogens with one attached hydrogen (secondary N) is 1. The summed E-state index contributed by atoms with van der Waals surface area (Å²) in [6.45, 7) is 2.29. The van der Waals surface area contributed by atoms with Crippen LogP contribution in [0.3, 0.4) is 0 Å². The van der Waals surface area contributed by atoms with Gasteiger partial charge in [0.2, 0.25) is 5.91 Å². The van der Waals surface area contributed by atoms with E-state index in [4.69, 9.17) is 0 Å². The summed E-state index contributed by atoms with van der Waals surface area (Å²) in [7, 11) is 1.87. The predicted octanol–water partition coefficient (Wildman–Crippen LogP) is 2.58. The second-order valence-electron chi connectivity index (χ2n) is 7.56. The first-order valence-corrected chi connectivity index (χ1v) is 9.50. The van der Waals surface area contributed by atoms with Crippen LogP contribution in [0.1, 0.15) is 6.42 Å². The Hall–Kier alpha value is -3.23. The summed E-state index contributed by atoms with van der Waals surface area (Å²) in [6, 6.07) is 4.03. The number of halogens is 2. The first-order valence-electron chi connectivity index (χ1n) is 9.50. The van der Waals surface area contributed by atoms with E-state index in [9.17, 15) is 13.6 Å². The third kappa shape index (κ3) is 3.16. The number of anilines is 1. The SMILES string of the molecule is Cn1cc(-c2cc3c(N4CCN(C(=O)C5=CC(F)(F)C5)CC4)ccnc3[nH]2)cn1. The summed E-state index contributed by atoms with van der Waals surface area (Å²) in [5.74, 6) is -3.09. The van der Waals surface area contributed by atoms with Gasteiger partial charge in [0.25, 0.3) is 5.92 Å². The minimum atomic E-state index is -2.82. The van der Waals surface area contributed by atoms with Gasteiger partial charge in [0, 0.05) is 74.3 Å². The monoisotopic (exact) mass is 398 g/mol. The number of aromatic nitrogens is 4. The molecule has 3 aromatic heterocycles. The van der Waals surface area contributed by atoms with Gasteiger partial charge in [0.1, 0.15) is 5.65 Å². The molecule has 0 spiro atoms. The average molecular weight is 398 g/mol. The summed E-state index contributed by atoms with van der Waals surface area (Å²) >= 11 is 0. The lowest BCUT2D eigenvalue weighted by Gasteiger charge is -2.38. The zero-order valence-corrected chi connectivity index (χ0v) is 15.9. The van der Waals surface area contributed by atoms with Gasteiger partial charge in [-0.2, -0.15) is 5.10 Å². The number of amides is 1. The van der Waals surface area contributed by atoms with E-state index in [0.29, 0.717) is 26.2 Å². The van der Waals surface area contributed by atoms with Crippen LogP contribution < -0.4 is 4.90 Å². The molecular formula is C20H20F2N6O. The van der Waals surface area contributed by atoms with Crippen molar-refractivity contribution in [3.05, 3.63) is 42.4 Å². The molecular weight excluding hydrogens is 378 g/mol. The predicted molar refractivity (Wildman–Crippen MR) is 105 cm³/mol. The molecule has 2 aliphatic rings. The molecule has 0 radical (unpaired) electrons. The smallest absolute Gasteiger partial charge is 0.271 e. The highest BCUT2D eigenvalue weighted by molar-refractivity contribution is 5.96. The number of alkyl halides is 2. The van der Waals surface area contributed by atoms with E-state index in [2.05, 4.69) is 26.0 Å². The average Bonchev–Trinajstić information content (AvgIpc) is 3.31. The number of carbonyl (C=O) groups excluding carboxylic acids is 1. The molecule has 5 rings (SSSR count). The van der Waals surface area contributed by atoms with Crippen molar-refractivity contribution in [2.45, 2.75) is 12.3 Å². The van der Waals surface area contributed by atoms with Crippen LogP contribution in [0.25, 0.3) is 22.3 Å². The maximum atomic E-state index is 13.0. The Morgan fingerprint density at radius 1 is 1.24 bits per heavy atom. The summed E-state index contributed by atoms with van der Waals surface area (Å²) in [6.07, 6.45) is 5.84. The molecule has 1 fully saturated rings. The molecule has 1 N–H and O–H groups in total.